The van der Waals surface area contributed by atoms with Crippen molar-refractivity contribution in [2.75, 3.05) is 6.54 Å². The number of hydrogen-bond acceptors (Lipinski definition) is 2. The Hall–Kier alpha value is -1.03. The number of benzene rings is 1. The van der Waals surface area contributed by atoms with Crippen molar-refractivity contribution in [2.45, 2.75) is 6.42 Å². The summed E-state index contributed by atoms with van der Waals surface area (Å²) < 4.78 is 1.65. The van der Waals surface area contributed by atoms with Crippen molar-refractivity contribution >= 4 is 23.2 Å². The minimum atomic E-state index is 0.585. The lowest BCUT2D eigenvalue weighted by Crippen LogP contribution is -2.03. The van der Waals surface area contributed by atoms with Crippen molar-refractivity contribution in [1.82, 2.24) is 9.78 Å². The van der Waals surface area contributed by atoms with Gasteiger partial charge in [0.1, 0.15) is 0 Å². The van der Waals surface area contributed by atoms with Gasteiger partial charge in [-0.1, -0.05) is 29.3 Å². The molecule has 0 atom stereocenters. The summed E-state index contributed by atoms with van der Waals surface area (Å²) in [6.07, 6.45) is 4.11. The summed E-state index contributed by atoms with van der Waals surface area (Å²) in [5.74, 6) is 0. The molecule has 1 aromatic heterocycles. The van der Waals surface area contributed by atoms with Gasteiger partial charge in [-0.2, -0.15) is 5.10 Å². The first-order chi connectivity index (χ1) is 7.70. The van der Waals surface area contributed by atoms with E-state index in [0.29, 0.717) is 16.6 Å². The second kappa shape index (κ2) is 4.87. The summed E-state index contributed by atoms with van der Waals surface area (Å²) in [5.41, 5.74) is 7.42. The smallest absolute Gasteiger partial charge is 0.0832 e. The minimum Gasteiger partial charge on any atom is -0.330 e. The highest BCUT2D eigenvalue weighted by molar-refractivity contribution is 6.32. The Bertz CT molecular complexity index is 494. The van der Waals surface area contributed by atoms with Crippen LogP contribution in [0.5, 0.6) is 0 Å². The Morgan fingerprint density at radius 3 is 2.69 bits per heavy atom. The number of rotatable bonds is 3. The summed E-state index contributed by atoms with van der Waals surface area (Å²) >= 11 is 12.0. The number of halogens is 2. The fourth-order valence-corrected chi connectivity index (χ4v) is 1.92. The lowest BCUT2D eigenvalue weighted by atomic mass is 10.1. The van der Waals surface area contributed by atoms with E-state index in [2.05, 4.69) is 5.10 Å². The van der Waals surface area contributed by atoms with Crippen molar-refractivity contribution in [3.05, 3.63) is 46.2 Å². The second-order valence-corrected chi connectivity index (χ2v) is 4.27. The van der Waals surface area contributed by atoms with Crippen LogP contribution in [0, 0.1) is 0 Å². The highest BCUT2D eigenvalue weighted by Crippen LogP contribution is 2.22. The van der Waals surface area contributed by atoms with E-state index in [1.807, 2.05) is 18.2 Å². The first-order valence-corrected chi connectivity index (χ1v) is 5.65. The van der Waals surface area contributed by atoms with E-state index in [4.69, 9.17) is 28.9 Å². The molecule has 84 valence electrons. The third-order valence-corrected chi connectivity index (χ3v) is 2.74. The molecular formula is C11H11Cl2N3. The number of nitrogens with two attached hydrogens (primary N) is 1. The molecule has 0 radical (unpaired) electrons. The fourth-order valence-electron chi connectivity index (χ4n) is 1.49. The van der Waals surface area contributed by atoms with Crippen LogP contribution in [-0.2, 0) is 6.42 Å². The maximum atomic E-state index is 6.16. The van der Waals surface area contributed by atoms with E-state index in [-0.39, 0.29) is 0 Å². The third-order valence-electron chi connectivity index (χ3n) is 2.24. The van der Waals surface area contributed by atoms with Crippen LogP contribution in [0.4, 0.5) is 0 Å². The van der Waals surface area contributed by atoms with Crippen molar-refractivity contribution in [2.24, 2.45) is 5.73 Å². The van der Waals surface area contributed by atoms with Gasteiger partial charge in [-0.05, 0) is 30.7 Å². The highest BCUT2D eigenvalue weighted by atomic mass is 35.5. The largest absolute Gasteiger partial charge is 0.330 e. The average Bonchev–Trinajstić information content (AvgIpc) is 2.65. The molecule has 0 saturated carbocycles. The topological polar surface area (TPSA) is 43.8 Å². The van der Waals surface area contributed by atoms with Gasteiger partial charge in [-0.15, -0.1) is 0 Å². The summed E-state index contributed by atoms with van der Waals surface area (Å²) in [6, 6.07) is 5.81. The van der Waals surface area contributed by atoms with Crippen LogP contribution in [-0.4, -0.2) is 16.3 Å². The number of hydrogen-bond donors (Lipinski definition) is 1. The van der Waals surface area contributed by atoms with Gasteiger partial charge in [0.2, 0.25) is 0 Å². The molecule has 2 aromatic rings. The molecule has 1 aromatic carbocycles. The lowest BCUT2D eigenvalue weighted by Gasteiger charge is -2.06. The molecule has 3 nitrogen and oxygen atoms in total. The molecule has 16 heavy (non-hydrogen) atoms. The van der Waals surface area contributed by atoms with Crippen LogP contribution in [0.2, 0.25) is 10.0 Å². The molecule has 0 saturated heterocycles. The van der Waals surface area contributed by atoms with Gasteiger partial charge in [0.25, 0.3) is 0 Å². The molecular weight excluding hydrogens is 245 g/mol. The van der Waals surface area contributed by atoms with E-state index in [1.54, 1.807) is 17.1 Å². The van der Waals surface area contributed by atoms with Crippen LogP contribution in [0.25, 0.3) is 5.69 Å². The maximum absolute atomic E-state index is 6.16. The molecule has 1 heterocycles. The van der Waals surface area contributed by atoms with Gasteiger partial charge < -0.3 is 5.73 Å². The third kappa shape index (κ3) is 2.38. The molecule has 0 aliphatic carbocycles. The Morgan fingerprint density at radius 1 is 1.31 bits per heavy atom. The fraction of sp³-hybridized carbons (Fsp3) is 0.182. The highest BCUT2D eigenvalue weighted by Gasteiger charge is 2.05. The molecule has 0 aliphatic rings. The van der Waals surface area contributed by atoms with Crippen molar-refractivity contribution in [3.63, 3.8) is 0 Å². The van der Waals surface area contributed by atoms with Gasteiger partial charge in [0.05, 0.1) is 21.9 Å². The zero-order chi connectivity index (χ0) is 11.5. The number of nitrogens with zero attached hydrogens (tertiary/aromatic N) is 2. The van der Waals surface area contributed by atoms with Crippen LogP contribution in [0.3, 0.4) is 0 Å². The number of aromatic nitrogens is 2. The molecule has 0 fully saturated rings. The van der Waals surface area contributed by atoms with Gasteiger partial charge in [-0.25, -0.2) is 4.68 Å². The second-order valence-electron chi connectivity index (χ2n) is 3.43. The standard InChI is InChI=1S/C11H11Cl2N3/c12-9-6-15-16(7-9)11-2-1-8(3-4-14)5-10(11)13/h1-2,5-7H,3-4,14H2. The Kier molecular flexibility index (Phi) is 3.49. The molecule has 5 heteroatoms. The van der Waals surface area contributed by atoms with Crippen LogP contribution in [0.1, 0.15) is 5.56 Å². The van der Waals surface area contributed by atoms with E-state index >= 15 is 0 Å². The van der Waals surface area contributed by atoms with Crippen molar-refractivity contribution < 1.29 is 0 Å². The lowest BCUT2D eigenvalue weighted by molar-refractivity contribution is 0.877. The zero-order valence-corrected chi connectivity index (χ0v) is 10.0. The van der Waals surface area contributed by atoms with Crippen molar-refractivity contribution in [3.8, 4) is 5.69 Å². The Balaban J connectivity index is 2.36. The zero-order valence-electron chi connectivity index (χ0n) is 8.53. The van der Waals surface area contributed by atoms with E-state index in [0.717, 1.165) is 17.7 Å². The molecule has 2 N–H and O–H groups in total. The average molecular weight is 256 g/mol. The first-order valence-electron chi connectivity index (χ1n) is 4.90. The van der Waals surface area contributed by atoms with Crippen LogP contribution >= 0.6 is 23.2 Å². The van der Waals surface area contributed by atoms with Crippen LogP contribution < -0.4 is 5.73 Å². The van der Waals surface area contributed by atoms with Crippen molar-refractivity contribution in [1.29, 1.82) is 0 Å². The maximum Gasteiger partial charge on any atom is 0.0832 e. The summed E-state index contributed by atoms with van der Waals surface area (Å²) in [5, 5.41) is 5.33. The van der Waals surface area contributed by atoms with Gasteiger partial charge >= 0.3 is 0 Å². The quantitative estimate of drug-likeness (QED) is 0.917. The van der Waals surface area contributed by atoms with Gasteiger partial charge in [0.15, 0.2) is 0 Å². The monoisotopic (exact) mass is 255 g/mol. The van der Waals surface area contributed by atoms with Gasteiger partial charge in [0, 0.05) is 6.20 Å². The Labute approximate surface area is 104 Å². The molecule has 2 rings (SSSR count). The molecule has 0 spiro atoms. The molecule has 0 bridgehead atoms. The molecule has 0 unspecified atom stereocenters. The van der Waals surface area contributed by atoms with Gasteiger partial charge in [-0.3, -0.25) is 0 Å². The van der Waals surface area contributed by atoms with Crippen LogP contribution in [0.15, 0.2) is 30.6 Å². The van der Waals surface area contributed by atoms with E-state index in [9.17, 15) is 0 Å². The van der Waals surface area contributed by atoms with E-state index < -0.39 is 0 Å². The molecule has 0 amide bonds. The predicted octanol–water partition coefficient (Wildman–Crippen LogP) is 2.68. The Morgan fingerprint density at radius 2 is 2.12 bits per heavy atom. The SMILES string of the molecule is NCCc1ccc(-n2cc(Cl)cn2)c(Cl)c1. The first kappa shape index (κ1) is 11.5. The summed E-state index contributed by atoms with van der Waals surface area (Å²) in [4.78, 5) is 0. The predicted molar refractivity (Wildman–Crippen MR) is 66.3 cm³/mol. The normalized spacial score (nSPS) is 10.7. The summed E-state index contributed by atoms with van der Waals surface area (Å²) in [6.45, 7) is 0.614. The van der Waals surface area contributed by atoms with E-state index in [1.165, 1.54) is 0 Å². The molecule has 0 aliphatic heterocycles. The summed E-state index contributed by atoms with van der Waals surface area (Å²) in [7, 11) is 0. The minimum absolute atomic E-state index is 0.585.